The quantitative estimate of drug-likeness (QED) is 0.633. The fourth-order valence-electron chi connectivity index (χ4n) is 2.87. The minimum atomic E-state index is -0.391. The molecule has 0 radical (unpaired) electrons. The Morgan fingerprint density at radius 2 is 1.85 bits per heavy atom. The summed E-state index contributed by atoms with van der Waals surface area (Å²) in [6.07, 6.45) is 4.99. The molecule has 0 bridgehead atoms. The van der Waals surface area contributed by atoms with E-state index in [9.17, 15) is 9.18 Å². The molecule has 6 heteroatoms. The van der Waals surface area contributed by atoms with E-state index < -0.39 is 5.82 Å². The van der Waals surface area contributed by atoms with Crippen molar-refractivity contribution in [1.82, 2.24) is 0 Å². The van der Waals surface area contributed by atoms with Gasteiger partial charge in [-0.1, -0.05) is 23.4 Å². The number of hydrogen-bond acceptors (Lipinski definition) is 4. The first-order valence-electron chi connectivity index (χ1n) is 8.77. The van der Waals surface area contributed by atoms with Crippen molar-refractivity contribution >= 4 is 23.5 Å². The Bertz CT molecular complexity index is 756. The second-order valence-corrected chi connectivity index (χ2v) is 6.17. The number of carbonyl (C=O) groups excluding carboxylic acids is 1. The maximum atomic E-state index is 13.4. The maximum absolute atomic E-state index is 13.4. The number of hydrogen-bond donors (Lipinski definition) is 1. The third kappa shape index (κ3) is 5.05. The normalized spacial score (nSPS) is 14.4. The molecule has 0 spiro atoms. The van der Waals surface area contributed by atoms with Crippen molar-refractivity contribution in [2.24, 2.45) is 5.16 Å². The van der Waals surface area contributed by atoms with Crippen LogP contribution in [0.15, 0.2) is 53.7 Å². The van der Waals surface area contributed by atoms with Crippen LogP contribution in [0, 0.1) is 5.82 Å². The first-order chi connectivity index (χ1) is 12.7. The van der Waals surface area contributed by atoms with Gasteiger partial charge < -0.3 is 15.1 Å². The molecule has 2 aromatic rings. The number of nitrogens with one attached hydrogen (secondary N) is 1. The van der Waals surface area contributed by atoms with Crippen LogP contribution in [-0.2, 0) is 9.63 Å². The topological polar surface area (TPSA) is 53.9 Å². The highest BCUT2D eigenvalue weighted by molar-refractivity contribution is 5.92. The second kappa shape index (κ2) is 8.99. The molecule has 0 aliphatic carbocycles. The van der Waals surface area contributed by atoms with Crippen molar-refractivity contribution in [3.63, 3.8) is 0 Å². The minimum absolute atomic E-state index is 0.237. The zero-order valence-electron chi connectivity index (χ0n) is 14.5. The fraction of sp³-hybridized carbons (Fsp3) is 0.300. The summed E-state index contributed by atoms with van der Waals surface area (Å²) in [7, 11) is 0. The van der Waals surface area contributed by atoms with Crippen LogP contribution in [0.5, 0.6) is 0 Å². The van der Waals surface area contributed by atoms with Gasteiger partial charge in [-0.2, -0.15) is 0 Å². The van der Waals surface area contributed by atoms with Crippen LogP contribution >= 0.6 is 0 Å². The first-order valence-corrected chi connectivity index (χ1v) is 8.77. The molecule has 1 aliphatic rings. The molecule has 0 unspecified atom stereocenters. The van der Waals surface area contributed by atoms with Crippen molar-refractivity contribution < 1.29 is 14.0 Å². The molecule has 0 aromatic heterocycles. The summed E-state index contributed by atoms with van der Waals surface area (Å²) in [6.45, 7) is 1.93. The number of piperidine rings is 1. The highest BCUT2D eigenvalue weighted by Gasteiger charge is 2.11. The highest BCUT2D eigenvalue weighted by atomic mass is 19.1. The summed E-state index contributed by atoms with van der Waals surface area (Å²) in [6, 6.07) is 14.0. The minimum Gasteiger partial charge on any atom is -0.386 e. The molecule has 1 amide bonds. The third-order valence-corrected chi connectivity index (χ3v) is 4.24. The van der Waals surface area contributed by atoms with E-state index in [1.807, 2.05) is 24.3 Å². The summed E-state index contributed by atoms with van der Waals surface area (Å²) in [5.74, 6) is -0.709. The highest BCUT2D eigenvalue weighted by Crippen LogP contribution is 2.21. The van der Waals surface area contributed by atoms with Crippen molar-refractivity contribution in [3.8, 4) is 0 Å². The average Bonchev–Trinajstić information content (AvgIpc) is 2.68. The molecule has 1 fully saturated rings. The van der Waals surface area contributed by atoms with Gasteiger partial charge in [0.25, 0.3) is 5.91 Å². The molecule has 5 nitrogen and oxygen atoms in total. The zero-order valence-corrected chi connectivity index (χ0v) is 14.5. The van der Waals surface area contributed by atoms with Crippen LogP contribution in [-0.4, -0.2) is 31.8 Å². The van der Waals surface area contributed by atoms with Crippen LogP contribution in [0.1, 0.15) is 24.8 Å². The Morgan fingerprint density at radius 3 is 2.58 bits per heavy atom. The number of nitrogens with zero attached hydrogens (tertiary/aromatic N) is 2. The first kappa shape index (κ1) is 17.9. The molecule has 1 aliphatic heterocycles. The van der Waals surface area contributed by atoms with Gasteiger partial charge in [0.05, 0.1) is 6.21 Å². The number of amides is 1. The Morgan fingerprint density at radius 1 is 1.12 bits per heavy atom. The third-order valence-electron chi connectivity index (χ3n) is 4.24. The molecular formula is C20H22FN3O2. The van der Waals surface area contributed by atoms with Crippen LogP contribution < -0.4 is 10.2 Å². The number of anilines is 2. The van der Waals surface area contributed by atoms with Crippen LogP contribution in [0.2, 0.25) is 0 Å². The summed E-state index contributed by atoms with van der Waals surface area (Å²) in [4.78, 5) is 19.2. The van der Waals surface area contributed by atoms with Gasteiger partial charge >= 0.3 is 0 Å². The van der Waals surface area contributed by atoms with Crippen molar-refractivity contribution in [1.29, 1.82) is 0 Å². The molecule has 0 atom stereocenters. The van der Waals surface area contributed by atoms with Gasteiger partial charge in [-0.3, -0.25) is 4.79 Å². The van der Waals surface area contributed by atoms with E-state index in [1.54, 1.807) is 18.2 Å². The Balaban J connectivity index is 1.45. The Labute approximate surface area is 152 Å². The van der Waals surface area contributed by atoms with Gasteiger partial charge in [-0.15, -0.1) is 0 Å². The van der Waals surface area contributed by atoms with E-state index >= 15 is 0 Å². The summed E-state index contributed by atoms with van der Waals surface area (Å²) < 4.78 is 13.4. The molecule has 3 rings (SSSR count). The SMILES string of the molecule is O=C(CO/N=C\c1ccccc1F)Nc1ccc(N2CCCCC2)cc1. The van der Waals surface area contributed by atoms with Gasteiger partial charge in [0.1, 0.15) is 5.82 Å². The summed E-state index contributed by atoms with van der Waals surface area (Å²) >= 11 is 0. The Kier molecular flexibility index (Phi) is 6.19. The lowest BCUT2D eigenvalue weighted by atomic mass is 10.1. The molecular weight excluding hydrogens is 333 g/mol. The van der Waals surface area contributed by atoms with Crippen LogP contribution in [0.4, 0.5) is 15.8 Å². The van der Waals surface area contributed by atoms with Gasteiger partial charge in [-0.05, 0) is 49.6 Å². The van der Waals surface area contributed by atoms with E-state index in [1.165, 1.54) is 37.2 Å². The summed E-state index contributed by atoms with van der Waals surface area (Å²) in [5.41, 5.74) is 2.19. The average molecular weight is 355 g/mol. The zero-order chi connectivity index (χ0) is 18.2. The maximum Gasteiger partial charge on any atom is 0.265 e. The number of carbonyl (C=O) groups is 1. The Hall–Kier alpha value is -2.89. The fourth-order valence-corrected chi connectivity index (χ4v) is 2.87. The van der Waals surface area contributed by atoms with Crippen molar-refractivity contribution in [2.75, 3.05) is 29.9 Å². The van der Waals surface area contributed by atoms with Gasteiger partial charge in [0.15, 0.2) is 6.61 Å². The smallest absolute Gasteiger partial charge is 0.265 e. The van der Waals surface area contributed by atoms with E-state index in [-0.39, 0.29) is 12.5 Å². The number of rotatable bonds is 6. The molecule has 0 saturated carbocycles. The van der Waals surface area contributed by atoms with Gasteiger partial charge in [0, 0.05) is 30.0 Å². The monoisotopic (exact) mass is 355 g/mol. The van der Waals surface area contributed by atoms with Crippen LogP contribution in [0.3, 0.4) is 0 Å². The number of halogens is 1. The van der Waals surface area contributed by atoms with E-state index in [0.29, 0.717) is 11.3 Å². The lowest BCUT2D eigenvalue weighted by Crippen LogP contribution is -2.29. The molecule has 26 heavy (non-hydrogen) atoms. The number of oxime groups is 1. The van der Waals surface area contributed by atoms with E-state index in [2.05, 4.69) is 15.4 Å². The largest absolute Gasteiger partial charge is 0.386 e. The summed E-state index contributed by atoms with van der Waals surface area (Å²) in [5, 5.41) is 6.38. The standard InChI is InChI=1S/C20H22FN3O2/c21-19-7-3-2-6-16(19)14-22-26-15-20(25)23-17-8-10-18(11-9-17)24-12-4-1-5-13-24/h2-3,6-11,14H,1,4-5,12-13,15H2,(H,23,25)/b22-14-. The lowest BCUT2D eigenvalue weighted by Gasteiger charge is -2.28. The molecule has 1 heterocycles. The predicted octanol–water partition coefficient (Wildman–Crippen LogP) is 3.81. The lowest BCUT2D eigenvalue weighted by molar-refractivity contribution is -0.120. The van der Waals surface area contributed by atoms with E-state index in [4.69, 9.17) is 4.84 Å². The van der Waals surface area contributed by atoms with Crippen molar-refractivity contribution in [2.45, 2.75) is 19.3 Å². The second-order valence-electron chi connectivity index (χ2n) is 6.17. The van der Waals surface area contributed by atoms with Crippen LogP contribution in [0.25, 0.3) is 0 Å². The van der Waals surface area contributed by atoms with E-state index in [0.717, 1.165) is 13.1 Å². The van der Waals surface area contributed by atoms with Crippen molar-refractivity contribution in [3.05, 3.63) is 59.9 Å². The molecule has 136 valence electrons. The van der Waals surface area contributed by atoms with Gasteiger partial charge in [-0.25, -0.2) is 4.39 Å². The van der Waals surface area contributed by atoms with Gasteiger partial charge in [0.2, 0.25) is 0 Å². The number of benzene rings is 2. The predicted molar refractivity (Wildman–Crippen MR) is 101 cm³/mol. The molecule has 1 N–H and O–H groups in total. The molecule has 1 saturated heterocycles. The molecule has 2 aromatic carbocycles.